The van der Waals surface area contributed by atoms with E-state index in [0.29, 0.717) is 0 Å². The first kappa shape index (κ1) is 11.6. The molecule has 1 N–H and O–H groups in total. The van der Waals surface area contributed by atoms with Gasteiger partial charge < -0.3 is 9.73 Å². The molecule has 0 atom stereocenters. The molecular weight excluding hydrogens is 268 g/mol. The maximum atomic E-state index is 5.80. The van der Waals surface area contributed by atoms with E-state index in [1.807, 2.05) is 18.2 Å². The summed E-state index contributed by atoms with van der Waals surface area (Å²) < 4.78 is 6.74. The van der Waals surface area contributed by atoms with Crippen LogP contribution >= 0.6 is 15.9 Å². The van der Waals surface area contributed by atoms with Gasteiger partial charge in [-0.05, 0) is 48.5 Å². The topological polar surface area (TPSA) is 38.1 Å². The first-order chi connectivity index (χ1) is 7.54. The molecule has 4 heteroatoms. The van der Waals surface area contributed by atoms with E-state index in [9.17, 15) is 0 Å². The minimum atomic E-state index is -0.243. The Balaban J connectivity index is 2.51. The number of nitrogens with zero attached hydrogens (tertiary/aromatic N) is 1. The number of benzene rings is 1. The van der Waals surface area contributed by atoms with Crippen LogP contribution in [0.4, 0.5) is 0 Å². The van der Waals surface area contributed by atoms with Gasteiger partial charge in [0.25, 0.3) is 0 Å². The third-order valence-electron chi connectivity index (χ3n) is 2.52. The molecule has 2 rings (SSSR count). The molecule has 3 nitrogen and oxygen atoms in total. The average molecular weight is 283 g/mol. The lowest BCUT2D eigenvalue weighted by molar-refractivity contribution is 0.322. The summed E-state index contributed by atoms with van der Waals surface area (Å²) in [4.78, 5) is 4.50. The van der Waals surface area contributed by atoms with E-state index < -0.39 is 0 Å². The molecule has 0 radical (unpaired) electrons. The minimum absolute atomic E-state index is 0.243. The van der Waals surface area contributed by atoms with Gasteiger partial charge >= 0.3 is 0 Å². The molecule has 0 aliphatic heterocycles. The van der Waals surface area contributed by atoms with Crippen LogP contribution < -0.4 is 5.32 Å². The number of para-hydroxylation sites is 1. The maximum absolute atomic E-state index is 5.80. The summed E-state index contributed by atoms with van der Waals surface area (Å²) in [6.45, 7) is 7.08. The molecule has 0 aliphatic rings. The van der Waals surface area contributed by atoms with Crippen LogP contribution in [0.5, 0.6) is 0 Å². The van der Waals surface area contributed by atoms with Crippen LogP contribution in [0.2, 0.25) is 0 Å². The van der Waals surface area contributed by atoms with Crippen molar-refractivity contribution in [1.29, 1.82) is 0 Å². The van der Waals surface area contributed by atoms with Crippen LogP contribution in [0.15, 0.2) is 27.1 Å². The van der Waals surface area contributed by atoms with Crippen molar-refractivity contribution in [2.75, 3.05) is 6.54 Å². The van der Waals surface area contributed by atoms with Gasteiger partial charge in [-0.1, -0.05) is 13.0 Å². The molecular formula is C12H15BrN2O. The second-order valence-corrected chi connectivity index (χ2v) is 5.12. The highest BCUT2D eigenvalue weighted by molar-refractivity contribution is 9.10. The summed E-state index contributed by atoms with van der Waals surface area (Å²) in [6, 6.07) is 5.87. The van der Waals surface area contributed by atoms with Crippen molar-refractivity contribution in [1.82, 2.24) is 10.3 Å². The number of hydrogen-bond acceptors (Lipinski definition) is 3. The van der Waals surface area contributed by atoms with Crippen molar-refractivity contribution in [2.45, 2.75) is 26.3 Å². The molecule has 0 bridgehead atoms. The number of hydrogen-bond donors (Lipinski definition) is 1. The molecule has 0 saturated heterocycles. The molecule has 1 aromatic heterocycles. The van der Waals surface area contributed by atoms with Gasteiger partial charge in [0.15, 0.2) is 5.58 Å². The molecule has 1 aromatic carbocycles. The molecule has 0 aliphatic carbocycles. The highest BCUT2D eigenvalue weighted by Gasteiger charge is 2.25. The minimum Gasteiger partial charge on any atom is -0.437 e. The average Bonchev–Trinajstić information content (AvgIpc) is 2.63. The number of nitrogens with one attached hydrogen (secondary N) is 1. The fraction of sp³-hybridized carbons (Fsp3) is 0.417. The van der Waals surface area contributed by atoms with Crippen molar-refractivity contribution in [3.05, 3.63) is 28.6 Å². The summed E-state index contributed by atoms with van der Waals surface area (Å²) in [5.74, 6) is 0.719. The highest BCUT2D eigenvalue weighted by atomic mass is 79.9. The lowest BCUT2D eigenvalue weighted by Crippen LogP contribution is -2.36. The Kier molecular flexibility index (Phi) is 3.04. The predicted octanol–water partition coefficient (Wildman–Crippen LogP) is 3.43. The van der Waals surface area contributed by atoms with Crippen LogP contribution in [0.1, 0.15) is 26.7 Å². The quantitative estimate of drug-likeness (QED) is 0.937. The number of halogens is 1. The van der Waals surface area contributed by atoms with Crippen molar-refractivity contribution < 1.29 is 4.42 Å². The predicted molar refractivity (Wildman–Crippen MR) is 68.4 cm³/mol. The summed E-state index contributed by atoms with van der Waals surface area (Å²) in [6.07, 6.45) is 0. The number of fused-ring (bicyclic) bond motifs is 1. The van der Waals surface area contributed by atoms with E-state index in [0.717, 1.165) is 28.0 Å². The van der Waals surface area contributed by atoms with E-state index in [2.05, 4.69) is 47.0 Å². The Hall–Kier alpha value is -0.870. The standard InChI is InChI=1S/C12H15BrN2O/c1-4-14-12(2,3)11-15-9-7-5-6-8(13)10(9)16-11/h5-7,14H,4H2,1-3H3. The van der Waals surface area contributed by atoms with Gasteiger partial charge in [-0.15, -0.1) is 0 Å². The zero-order valence-corrected chi connectivity index (χ0v) is 11.3. The first-order valence-electron chi connectivity index (χ1n) is 5.35. The third kappa shape index (κ3) is 1.99. The first-order valence-corrected chi connectivity index (χ1v) is 6.14. The summed E-state index contributed by atoms with van der Waals surface area (Å²) in [5.41, 5.74) is 1.45. The summed E-state index contributed by atoms with van der Waals surface area (Å²) in [5, 5.41) is 3.35. The third-order valence-corrected chi connectivity index (χ3v) is 3.14. The fourth-order valence-electron chi connectivity index (χ4n) is 1.70. The van der Waals surface area contributed by atoms with E-state index in [4.69, 9.17) is 4.42 Å². The molecule has 1 heterocycles. The van der Waals surface area contributed by atoms with E-state index in [1.165, 1.54) is 0 Å². The van der Waals surface area contributed by atoms with Gasteiger partial charge in [0, 0.05) is 0 Å². The Morgan fingerprint density at radius 1 is 1.44 bits per heavy atom. The second-order valence-electron chi connectivity index (χ2n) is 4.26. The molecule has 0 amide bonds. The molecule has 0 saturated carbocycles. The van der Waals surface area contributed by atoms with E-state index in [1.54, 1.807) is 0 Å². The van der Waals surface area contributed by atoms with Gasteiger partial charge in [0.05, 0.1) is 10.0 Å². The lowest BCUT2D eigenvalue weighted by atomic mass is 10.1. The number of oxazole rings is 1. The number of rotatable bonds is 3. The Morgan fingerprint density at radius 3 is 2.81 bits per heavy atom. The molecule has 0 unspecified atom stereocenters. The van der Waals surface area contributed by atoms with E-state index >= 15 is 0 Å². The lowest BCUT2D eigenvalue weighted by Gasteiger charge is -2.21. The van der Waals surface area contributed by atoms with E-state index in [-0.39, 0.29) is 5.54 Å². The zero-order valence-electron chi connectivity index (χ0n) is 9.67. The van der Waals surface area contributed by atoms with Crippen LogP contribution in [0.3, 0.4) is 0 Å². The second kappa shape index (κ2) is 4.18. The van der Waals surface area contributed by atoms with Crippen LogP contribution in [-0.4, -0.2) is 11.5 Å². The summed E-state index contributed by atoms with van der Waals surface area (Å²) >= 11 is 3.46. The molecule has 0 spiro atoms. The molecule has 86 valence electrons. The Bertz CT molecular complexity index is 505. The van der Waals surface area contributed by atoms with Gasteiger partial charge in [0.1, 0.15) is 5.52 Å². The zero-order chi connectivity index (χ0) is 11.8. The maximum Gasteiger partial charge on any atom is 0.215 e. The molecule has 0 fully saturated rings. The van der Waals surface area contributed by atoms with Gasteiger partial charge in [-0.2, -0.15) is 0 Å². The van der Waals surface area contributed by atoms with Crippen molar-refractivity contribution in [3.8, 4) is 0 Å². The smallest absolute Gasteiger partial charge is 0.215 e. The Morgan fingerprint density at radius 2 is 2.19 bits per heavy atom. The molecule has 2 aromatic rings. The fourth-order valence-corrected chi connectivity index (χ4v) is 2.14. The molecule has 16 heavy (non-hydrogen) atoms. The monoisotopic (exact) mass is 282 g/mol. The van der Waals surface area contributed by atoms with Crippen LogP contribution in [0.25, 0.3) is 11.1 Å². The Labute approximate surface area is 103 Å². The highest BCUT2D eigenvalue weighted by Crippen LogP contribution is 2.28. The van der Waals surface area contributed by atoms with Crippen LogP contribution in [0, 0.1) is 0 Å². The van der Waals surface area contributed by atoms with Crippen LogP contribution in [-0.2, 0) is 5.54 Å². The van der Waals surface area contributed by atoms with Crippen molar-refractivity contribution >= 4 is 27.0 Å². The summed E-state index contributed by atoms with van der Waals surface area (Å²) in [7, 11) is 0. The van der Waals surface area contributed by atoms with Crippen molar-refractivity contribution in [2.24, 2.45) is 0 Å². The van der Waals surface area contributed by atoms with Gasteiger partial charge in [0.2, 0.25) is 5.89 Å². The normalized spacial score (nSPS) is 12.2. The SMILES string of the molecule is CCNC(C)(C)c1nc2cccc(Br)c2o1. The van der Waals surface area contributed by atoms with Gasteiger partial charge in [-0.3, -0.25) is 0 Å². The van der Waals surface area contributed by atoms with Gasteiger partial charge in [-0.25, -0.2) is 4.98 Å². The largest absolute Gasteiger partial charge is 0.437 e. The van der Waals surface area contributed by atoms with Crippen molar-refractivity contribution in [3.63, 3.8) is 0 Å². The number of aromatic nitrogens is 1.